The number of anilines is 2. The third kappa shape index (κ3) is 3.38. The second kappa shape index (κ2) is 5.97. The van der Waals surface area contributed by atoms with Gasteiger partial charge in [0.25, 0.3) is 10.0 Å². The molecular weight excluding hydrogens is 330 g/mol. The van der Waals surface area contributed by atoms with E-state index in [1.165, 1.54) is 31.2 Å². The molecule has 24 heavy (non-hydrogen) atoms. The van der Waals surface area contributed by atoms with Crippen LogP contribution in [0.15, 0.2) is 51.8 Å². The Kier molecular flexibility index (Phi) is 3.98. The van der Waals surface area contributed by atoms with Gasteiger partial charge in [-0.2, -0.15) is 0 Å². The van der Waals surface area contributed by atoms with Crippen LogP contribution < -0.4 is 10.0 Å². The Labute approximate surface area is 138 Å². The first-order valence-electron chi connectivity index (χ1n) is 7.11. The average Bonchev–Trinajstić information content (AvgIpc) is 2.86. The highest BCUT2D eigenvalue weighted by Crippen LogP contribution is 2.23. The molecule has 8 heteroatoms. The molecule has 0 radical (unpaired) electrons. The molecule has 0 unspecified atom stereocenters. The van der Waals surface area contributed by atoms with Gasteiger partial charge in [-0.25, -0.2) is 13.4 Å². The van der Waals surface area contributed by atoms with Gasteiger partial charge in [0.1, 0.15) is 5.52 Å². The monoisotopic (exact) mass is 345 g/mol. The van der Waals surface area contributed by atoms with E-state index in [1.807, 2.05) is 0 Å². The van der Waals surface area contributed by atoms with Gasteiger partial charge in [-0.1, -0.05) is 0 Å². The van der Waals surface area contributed by atoms with Gasteiger partial charge in [-0.05, 0) is 36.4 Å². The van der Waals surface area contributed by atoms with Crippen molar-refractivity contribution >= 4 is 38.4 Å². The average molecular weight is 345 g/mol. The number of nitrogens with zero attached hydrogens (tertiary/aromatic N) is 1. The van der Waals surface area contributed by atoms with E-state index < -0.39 is 10.0 Å². The van der Waals surface area contributed by atoms with Crippen molar-refractivity contribution in [2.45, 2.75) is 18.7 Å². The Morgan fingerprint density at radius 1 is 1.08 bits per heavy atom. The lowest BCUT2D eigenvalue weighted by atomic mass is 10.3. The zero-order chi connectivity index (χ0) is 17.3. The fourth-order valence-corrected chi connectivity index (χ4v) is 3.29. The van der Waals surface area contributed by atoms with Crippen molar-refractivity contribution < 1.29 is 17.6 Å². The highest BCUT2D eigenvalue weighted by molar-refractivity contribution is 7.92. The summed E-state index contributed by atoms with van der Waals surface area (Å²) in [5.41, 5.74) is 2.08. The predicted octanol–water partition coefficient (Wildman–Crippen LogP) is 2.90. The number of aryl methyl sites for hydroxylation is 1. The number of nitrogens with one attached hydrogen (secondary N) is 2. The van der Waals surface area contributed by atoms with E-state index >= 15 is 0 Å². The zero-order valence-electron chi connectivity index (χ0n) is 13.0. The summed E-state index contributed by atoms with van der Waals surface area (Å²) in [7, 11) is -3.75. The Morgan fingerprint density at radius 2 is 1.75 bits per heavy atom. The van der Waals surface area contributed by atoms with E-state index in [9.17, 15) is 13.2 Å². The molecule has 3 rings (SSSR count). The van der Waals surface area contributed by atoms with Crippen LogP contribution in [0.1, 0.15) is 12.8 Å². The van der Waals surface area contributed by atoms with Crippen LogP contribution in [0.25, 0.3) is 11.1 Å². The molecule has 0 spiro atoms. The number of amides is 1. The topological polar surface area (TPSA) is 101 Å². The van der Waals surface area contributed by atoms with E-state index in [0.29, 0.717) is 28.4 Å². The van der Waals surface area contributed by atoms with E-state index in [-0.39, 0.29) is 10.8 Å². The smallest absolute Gasteiger partial charge is 0.261 e. The Bertz CT molecular complexity index is 1010. The normalized spacial score (nSPS) is 11.4. The van der Waals surface area contributed by atoms with Crippen molar-refractivity contribution in [3.63, 3.8) is 0 Å². The van der Waals surface area contributed by atoms with Gasteiger partial charge in [0, 0.05) is 25.6 Å². The lowest BCUT2D eigenvalue weighted by Gasteiger charge is -2.09. The molecule has 1 heterocycles. The summed E-state index contributed by atoms with van der Waals surface area (Å²) in [6.45, 7) is 3.11. The van der Waals surface area contributed by atoms with Crippen molar-refractivity contribution in [3.8, 4) is 0 Å². The van der Waals surface area contributed by atoms with Crippen LogP contribution in [-0.2, 0) is 14.8 Å². The fraction of sp³-hybridized carbons (Fsp3) is 0.125. The number of carbonyl (C=O) groups excluding carboxylic acids is 1. The molecule has 0 saturated carbocycles. The first kappa shape index (κ1) is 16.0. The summed E-state index contributed by atoms with van der Waals surface area (Å²) in [6, 6.07) is 10.8. The number of hydrogen-bond acceptors (Lipinski definition) is 5. The molecule has 0 fully saturated rings. The molecule has 0 aliphatic carbocycles. The lowest BCUT2D eigenvalue weighted by molar-refractivity contribution is -0.114. The SMILES string of the molecule is CC(=O)Nc1ccc(S(=O)(=O)Nc2ccc3nc(C)oc3c2)cc1. The molecule has 1 amide bonds. The lowest BCUT2D eigenvalue weighted by Crippen LogP contribution is -2.13. The van der Waals surface area contributed by atoms with E-state index in [4.69, 9.17) is 4.42 Å². The number of aromatic nitrogens is 1. The number of hydrogen-bond donors (Lipinski definition) is 2. The molecule has 0 bridgehead atoms. The van der Waals surface area contributed by atoms with Crippen LogP contribution in [0.3, 0.4) is 0 Å². The Balaban J connectivity index is 1.85. The molecule has 0 aliphatic rings. The van der Waals surface area contributed by atoms with Crippen molar-refractivity contribution in [1.29, 1.82) is 0 Å². The van der Waals surface area contributed by atoms with Gasteiger partial charge in [0.05, 0.1) is 10.6 Å². The highest BCUT2D eigenvalue weighted by atomic mass is 32.2. The van der Waals surface area contributed by atoms with Gasteiger partial charge in [-0.15, -0.1) is 0 Å². The third-order valence-electron chi connectivity index (χ3n) is 3.23. The third-order valence-corrected chi connectivity index (χ3v) is 4.63. The fourth-order valence-electron chi connectivity index (χ4n) is 2.24. The van der Waals surface area contributed by atoms with Crippen molar-refractivity contribution in [2.75, 3.05) is 10.0 Å². The minimum absolute atomic E-state index is 0.0884. The second-order valence-electron chi connectivity index (χ2n) is 5.23. The standard InChI is InChI=1S/C16H15N3O4S/c1-10(20)17-12-3-6-14(7-4-12)24(21,22)19-13-5-8-15-16(9-13)23-11(2)18-15/h3-9,19H,1-2H3,(H,17,20). The molecule has 7 nitrogen and oxygen atoms in total. The largest absolute Gasteiger partial charge is 0.441 e. The summed E-state index contributed by atoms with van der Waals surface area (Å²) in [5.74, 6) is 0.290. The van der Waals surface area contributed by atoms with Gasteiger partial charge in [0.15, 0.2) is 11.5 Å². The Morgan fingerprint density at radius 3 is 2.42 bits per heavy atom. The van der Waals surface area contributed by atoms with Crippen LogP contribution in [0.4, 0.5) is 11.4 Å². The maximum absolute atomic E-state index is 12.4. The number of fused-ring (bicyclic) bond motifs is 1. The van der Waals surface area contributed by atoms with Gasteiger partial charge >= 0.3 is 0 Å². The van der Waals surface area contributed by atoms with Gasteiger partial charge < -0.3 is 9.73 Å². The molecule has 0 atom stereocenters. The second-order valence-corrected chi connectivity index (χ2v) is 6.91. The number of carbonyl (C=O) groups is 1. The van der Waals surface area contributed by atoms with Crippen molar-refractivity contribution in [1.82, 2.24) is 4.98 Å². The maximum atomic E-state index is 12.4. The number of rotatable bonds is 4. The van der Waals surface area contributed by atoms with Crippen LogP contribution >= 0.6 is 0 Å². The minimum atomic E-state index is -3.75. The van der Waals surface area contributed by atoms with Crippen LogP contribution in [-0.4, -0.2) is 19.3 Å². The summed E-state index contributed by atoms with van der Waals surface area (Å²) >= 11 is 0. The summed E-state index contributed by atoms with van der Waals surface area (Å²) in [5, 5.41) is 2.58. The summed E-state index contributed by atoms with van der Waals surface area (Å²) < 4.78 is 32.8. The first-order valence-corrected chi connectivity index (χ1v) is 8.59. The molecule has 0 aliphatic heterocycles. The zero-order valence-corrected chi connectivity index (χ0v) is 13.8. The maximum Gasteiger partial charge on any atom is 0.261 e. The molecule has 2 N–H and O–H groups in total. The minimum Gasteiger partial charge on any atom is -0.441 e. The van der Waals surface area contributed by atoms with Gasteiger partial charge in [-0.3, -0.25) is 9.52 Å². The highest BCUT2D eigenvalue weighted by Gasteiger charge is 2.15. The molecule has 3 aromatic rings. The number of oxazole rings is 1. The quantitative estimate of drug-likeness (QED) is 0.757. The number of sulfonamides is 1. The van der Waals surface area contributed by atoms with E-state index in [2.05, 4.69) is 15.0 Å². The van der Waals surface area contributed by atoms with Crippen LogP contribution in [0.5, 0.6) is 0 Å². The molecule has 0 saturated heterocycles. The summed E-state index contributed by atoms with van der Waals surface area (Å²) in [4.78, 5) is 15.2. The summed E-state index contributed by atoms with van der Waals surface area (Å²) in [6.07, 6.45) is 0. The molecular formula is C16H15N3O4S. The number of benzene rings is 2. The Hall–Kier alpha value is -2.87. The van der Waals surface area contributed by atoms with Crippen LogP contribution in [0.2, 0.25) is 0 Å². The van der Waals surface area contributed by atoms with Gasteiger partial charge in [0.2, 0.25) is 5.91 Å². The molecule has 2 aromatic carbocycles. The van der Waals surface area contributed by atoms with E-state index in [0.717, 1.165) is 0 Å². The molecule has 124 valence electrons. The van der Waals surface area contributed by atoms with Crippen molar-refractivity contribution in [3.05, 3.63) is 48.4 Å². The first-order chi connectivity index (χ1) is 11.3. The molecule has 1 aromatic heterocycles. The van der Waals surface area contributed by atoms with Crippen LogP contribution in [0, 0.1) is 6.92 Å². The van der Waals surface area contributed by atoms with Crippen molar-refractivity contribution in [2.24, 2.45) is 0 Å². The predicted molar refractivity (Wildman–Crippen MR) is 90.3 cm³/mol. The van der Waals surface area contributed by atoms with E-state index in [1.54, 1.807) is 25.1 Å².